The van der Waals surface area contributed by atoms with Gasteiger partial charge in [-0.1, -0.05) is 24.6 Å². The lowest BCUT2D eigenvalue weighted by Crippen LogP contribution is -2.51. The monoisotopic (exact) mass is 325 g/mol. The van der Waals surface area contributed by atoms with Crippen molar-refractivity contribution in [2.45, 2.75) is 25.3 Å². The molecule has 0 bridgehead atoms. The van der Waals surface area contributed by atoms with Gasteiger partial charge in [-0.3, -0.25) is 4.79 Å². The van der Waals surface area contributed by atoms with E-state index in [0.29, 0.717) is 6.42 Å². The minimum atomic E-state index is -0.669. The molecule has 0 aliphatic carbocycles. The van der Waals surface area contributed by atoms with Gasteiger partial charge in [-0.25, -0.2) is 4.39 Å². The first kappa shape index (κ1) is 16.5. The molecule has 0 atom stereocenters. The number of hydrogen-bond donors (Lipinski definition) is 1. The van der Waals surface area contributed by atoms with Gasteiger partial charge in [-0.15, -0.1) is 23.2 Å². The maximum absolute atomic E-state index is 13.6. The predicted octanol–water partition coefficient (Wildman–Crippen LogP) is 3.76. The van der Waals surface area contributed by atoms with Crippen LogP contribution in [0.4, 0.5) is 4.39 Å². The number of alkyl halides is 2. The third kappa shape index (κ3) is 4.23. The van der Waals surface area contributed by atoms with Gasteiger partial charge in [0, 0.05) is 22.3 Å². The second-order valence-electron chi connectivity index (χ2n) is 4.33. The van der Waals surface area contributed by atoms with Gasteiger partial charge in [0.25, 0.3) is 0 Å². The summed E-state index contributed by atoms with van der Waals surface area (Å²) in [4.78, 5) is 12.0. The van der Waals surface area contributed by atoms with Crippen molar-refractivity contribution in [3.05, 3.63) is 34.6 Å². The number of carbonyl (C=O) groups is 1. The summed E-state index contributed by atoms with van der Waals surface area (Å²) >= 11 is 17.5. The van der Waals surface area contributed by atoms with Crippen molar-refractivity contribution in [3.8, 4) is 0 Å². The molecule has 0 aliphatic rings. The van der Waals surface area contributed by atoms with E-state index in [1.807, 2.05) is 6.92 Å². The SMILES string of the molecule is CCC(CCl)(CCl)NC(=O)Cc1c(F)cccc1Cl. The molecule has 106 valence electrons. The summed E-state index contributed by atoms with van der Waals surface area (Å²) in [6.07, 6.45) is 0.456. The highest BCUT2D eigenvalue weighted by molar-refractivity contribution is 6.31. The molecule has 0 unspecified atom stereocenters. The molecule has 19 heavy (non-hydrogen) atoms. The molecule has 6 heteroatoms. The third-order valence-electron chi connectivity index (χ3n) is 2.99. The summed E-state index contributed by atoms with van der Waals surface area (Å²) in [5.41, 5.74) is -0.492. The van der Waals surface area contributed by atoms with E-state index in [2.05, 4.69) is 5.32 Å². The van der Waals surface area contributed by atoms with Crippen molar-refractivity contribution in [1.82, 2.24) is 5.32 Å². The highest BCUT2D eigenvalue weighted by Gasteiger charge is 2.28. The second-order valence-corrected chi connectivity index (χ2v) is 5.27. The molecule has 0 heterocycles. The van der Waals surface area contributed by atoms with E-state index in [-0.39, 0.29) is 34.7 Å². The van der Waals surface area contributed by atoms with Crippen LogP contribution in [0.2, 0.25) is 5.02 Å². The molecule has 2 nitrogen and oxygen atoms in total. The van der Waals surface area contributed by atoms with Gasteiger partial charge in [0.2, 0.25) is 5.91 Å². The molecule has 0 fully saturated rings. The molecule has 0 aromatic heterocycles. The zero-order valence-electron chi connectivity index (χ0n) is 10.5. The van der Waals surface area contributed by atoms with Crippen LogP contribution in [-0.2, 0) is 11.2 Å². The first-order chi connectivity index (χ1) is 8.98. The average molecular weight is 327 g/mol. The van der Waals surface area contributed by atoms with Crippen LogP contribution in [0.5, 0.6) is 0 Å². The van der Waals surface area contributed by atoms with Crippen LogP contribution in [-0.4, -0.2) is 23.2 Å². The largest absolute Gasteiger partial charge is 0.348 e. The van der Waals surface area contributed by atoms with Gasteiger partial charge in [0.15, 0.2) is 0 Å². The zero-order valence-corrected chi connectivity index (χ0v) is 12.7. The molecular weight excluding hydrogens is 312 g/mol. The number of hydrogen-bond acceptors (Lipinski definition) is 1. The van der Waals surface area contributed by atoms with E-state index < -0.39 is 11.4 Å². The molecule has 1 aromatic rings. The van der Waals surface area contributed by atoms with Crippen LogP contribution < -0.4 is 5.32 Å². The number of amides is 1. The van der Waals surface area contributed by atoms with E-state index in [1.165, 1.54) is 12.1 Å². The van der Waals surface area contributed by atoms with Crippen molar-refractivity contribution in [2.24, 2.45) is 0 Å². The Morgan fingerprint density at radius 3 is 2.47 bits per heavy atom. The third-order valence-corrected chi connectivity index (χ3v) is 4.37. The van der Waals surface area contributed by atoms with Gasteiger partial charge in [-0.2, -0.15) is 0 Å². The molecular formula is C13H15Cl3FNO. The van der Waals surface area contributed by atoms with Crippen molar-refractivity contribution in [1.29, 1.82) is 0 Å². The van der Waals surface area contributed by atoms with Gasteiger partial charge >= 0.3 is 0 Å². The lowest BCUT2D eigenvalue weighted by Gasteiger charge is -2.29. The Hall–Kier alpha value is -0.510. The van der Waals surface area contributed by atoms with Crippen molar-refractivity contribution in [2.75, 3.05) is 11.8 Å². The molecule has 1 aromatic carbocycles. The van der Waals surface area contributed by atoms with E-state index in [0.717, 1.165) is 0 Å². The summed E-state index contributed by atoms with van der Waals surface area (Å²) in [6, 6.07) is 4.31. The van der Waals surface area contributed by atoms with Crippen molar-refractivity contribution in [3.63, 3.8) is 0 Å². The fourth-order valence-corrected chi connectivity index (χ4v) is 2.61. The number of nitrogens with one attached hydrogen (secondary N) is 1. The van der Waals surface area contributed by atoms with Crippen LogP contribution in [0.1, 0.15) is 18.9 Å². The first-order valence-electron chi connectivity index (χ1n) is 5.84. The molecule has 1 N–H and O–H groups in total. The van der Waals surface area contributed by atoms with Crippen molar-refractivity contribution < 1.29 is 9.18 Å². The molecule has 1 rings (SSSR count). The van der Waals surface area contributed by atoms with Gasteiger partial charge in [-0.05, 0) is 18.6 Å². The zero-order chi connectivity index (χ0) is 14.5. The van der Waals surface area contributed by atoms with Crippen LogP contribution in [0, 0.1) is 5.82 Å². The highest BCUT2D eigenvalue weighted by Crippen LogP contribution is 2.20. The number of benzene rings is 1. The fourth-order valence-electron chi connectivity index (χ4n) is 1.58. The molecule has 0 saturated heterocycles. The Balaban J connectivity index is 2.81. The smallest absolute Gasteiger partial charge is 0.225 e. The maximum atomic E-state index is 13.6. The maximum Gasteiger partial charge on any atom is 0.225 e. The van der Waals surface area contributed by atoms with Gasteiger partial charge < -0.3 is 5.32 Å². The average Bonchev–Trinajstić information content (AvgIpc) is 2.41. The lowest BCUT2D eigenvalue weighted by molar-refractivity contribution is -0.122. The minimum Gasteiger partial charge on any atom is -0.348 e. The summed E-state index contributed by atoms with van der Waals surface area (Å²) in [6.45, 7) is 1.88. The number of halogens is 4. The Morgan fingerprint density at radius 2 is 2.00 bits per heavy atom. The topological polar surface area (TPSA) is 29.1 Å². The predicted molar refractivity (Wildman–Crippen MR) is 77.7 cm³/mol. The Morgan fingerprint density at radius 1 is 1.37 bits per heavy atom. The Kier molecular flexibility index (Phi) is 6.37. The summed E-state index contributed by atoms with van der Waals surface area (Å²) in [5.74, 6) is -0.454. The molecule has 1 amide bonds. The fraction of sp³-hybridized carbons (Fsp3) is 0.462. The van der Waals surface area contributed by atoms with Crippen LogP contribution in [0.15, 0.2) is 18.2 Å². The lowest BCUT2D eigenvalue weighted by atomic mass is 10.0. The van der Waals surface area contributed by atoms with Gasteiger partial charge in [0.1, 0.15) is 5.82 Å². The van der Waals surface area contributed by atoms with Gasteiger partial charge in [0.05, 0.1) is 12.0 Å². The standard InChI is InChI=1S/C13H15Cl3FNO/c1-2-13(7-14,8-15)18-12(19)6-9-10(16)4-3-5-11(9)17/h3-5H,2,6-8H2,1H3,(H,18,19). The van der Waals surface area contributed by atoms with E-state index in [9.17, 15) is 9.18 Å². The summed E-state index contributed by atoms with van der Waals surface area (Å²) in [7, 11) is 0. The quantitative estimate of drug-likeness (QED) is 0.792. The Bertz CT molecular complexity index is 421. The summed E-state index contributed by atoms with van der Waals surface area (Å²) < 4.78 is 13.6. The Labute approximate surface area is 127 Å². The van der Waals surface area contributed by atoms with E-state index in [1.54, 1.807) is 6.07 Å². The van der Waals surface area contributed by atoms with Crippen LogP contribution in [0.25, 0.3) is 0 Å². The molecule has 0 radical (unpaired) electrons. The number of rotatable bonds is 6. The second kappa shape index (κ2) is 7.32. The molecule has 0 aliphatic heterocycles. The summed E-state index contributed by atoms with van der Waals surface area (Å²) in [5, 5.41) is 2.98. The molecule has 0 spiro atoms. The van der Waals surface area contributed by atoms with E-state index in [4.69, 9.17) is 34.8 Å². The highest BCUT2D eigenvalue weighted by atomic mass is 35.5. The van der Waals surface area contributed by atoms with Crippen molar-refractivity contribution >= 4 is 40.7 Å². The normalized spacial score (nSPS) is 11.4. The first-order valence-corrected chi connectivity index (χ1v) is 7.28. The molecule has 0 saturated carbocycles. The van der Waals surface area contributed by atoms with E-state index >= 15 is 0 Å². The van der Waals surface area contributed by atoms with Crippen LogP contribution >= 0.6 is 34.8 Å². The number of carbonyl (C=O) groups excluding carboxylic acids is 1. The van der Waals surface area contributed by atoms with Crippen LogP contribution in [0.3, 0.4) is 0 Å². The minimum absolute atomic E-state index is 0.138.